The van der Waals surface area contributed by atoms with Crippen molar-refractivity contribution in [1.82, 2.24) is 0 Å². The zero-order valence-electron chi connectivity index (χ0n) is 12.8. The molecule has 2 aromatic carbocycles. The standard InChI is InChI=1S/C17H18ClN3O2/c1-22-16-7-6-12(9-14(16)18)21-17(19)20-10-13-8-11-4-2-3-5-15(11)23-13/h2-7,9,13H,8,10H2,1H3,(H3,19,20,21). The van der Waals surface area contributed by atoms with Gasteiger partial charge in [0.25, 0.3) is 0 Å². The summed E-state index contributed by atoms with van der Waals surface area (Å²) in [5, 5.41) is 3.53. The van der Waals surface area contributed by atoms with Crippen LogP contribution in [0.1, 0.15) is 5.56 Å². The Kier molecular flexibility index (Phi) is 4.57. The minimum Gasteiger partial charge on any atom is -0.495 e. The van der Waals surface area contributed by atoms with Crippen molar-refractivity contribution >= 4 is 23.2 Å². The maximum absolute atomic E-state index is 6.08. The lowest BCUT2D eigenvalue weighted by molar-refractivity contribution is 0.242. The molecule has 6 heteroatoms. The van der Waals surface area contributed by atoms with Gasteiger partial charge in [-0.05, 0) is 29.8 Å². The van der Waals surface area contributed by atoms with Gasteiger partial charge in [0, 0.05) is 12.1 Å². The molecule has 0 fully saturated rings. The van der Waals surface area contributed by atoms with Gasteiger partial charge in [-0.15, -0.1) is 0 Å². The van der Waals surface area contributed by atoms with E-state index in [9.17, 15) is 0 Å². The summed E-state index contributed by atoms with van der Waals surface area (Å²) in [6.07, 6.45) is 0.869. The highest BCUT2D eigenvalue weighted by atomic mass is 35.5. The molecule has 2 aromatic rings. The SMILES string of the molecule is COc1ccc(NC(N)=NCC2Cc3ccccc3O2)cc1Cl. The van der Waals surface area contributed by atoms with Crippen molar-refractivity contribution in [3.05, 3.63) is 53.1 Å². The van der Waals surface area contributed by atoms with E-state index in [0.717, 1.165) is 17.9 Å². The molecular formula is C17H18ClN3O2. The van der Waals surface area contributed by atoms with Crippen molar-refractivity contribution in [1.29, 1.82) is 0 Å². The number of ether oxygens (including phenoxy) is 2. The summed E-state index contributed by atoms with van der Waals surface area (Å²) in [7, 11) is 1.57. The molecule has 0 amide bonds. The number of methoxy groups -OCH3 is 1. The van der Waals surface area contributed by atoms with E-state index in [0.29, 0.717) is 23.3 Å². The Labute approximate surface area is 140 Å². The molecule has 0 spiro atoms. The van der Waals surface area contributed by atoms with Crippen LogP contribution in [0.5, 0.6) is 11.5 Å². The number of benzene rings is 2. The molecule has 0 saturated carbocycles. The number of nitrogens with zero attached hydrogens (tertiary/aromatic N) is 1. The Morgan fingerprint density at radius 2 is 2.22 bits per heavy atom. The fraction of sp³-hybridized carbons (Fsp3) is 0.235. The number of para-hydroxylation sites is 1. The van der Waals surface area contributed by atoms with Crippen LogP contribution >= 0.6 is 11.6 Å². The first-order chi connectivity index (χ1) is 11.2. The number of anilines is 1. The number of guanidine groups is 1. The maximum atomic E-state index is 6.08. The Morgan fingerprint density at radius 3 is 2.96 bits per heavy atom. The quantitative estimate of drug-likeness (QED) is 0.667. The topological polar surface area (TPSA) is 68.9 Å². The minimum atomic E-state index is 0.0206. The van der Waals surface area contributed by atoms with Crippen molar-refractivity contribution in [3.63, 3.8) is 0 Å². The number of nitrogens with two attached hydrogens (primary N) is 1. The summed E-state index contributed by atoms with van der Waals surface area (Å²) >= 11 is 6.08. The first kappa shape index (κ1) is 15.5. The van der Waals surface area contributed by atoms with E-state index in [4.69, 9.17) is 26.8 Å². The predicted molar refractivity (Wildman–Crippen MR) is 92.7 cm³/mol. The van der Waals surface area contributed by atoms with Gasteiger partial charge < -0.3 is 20.5 Å². The highest BCUT2D eigenvalue weighted by Gasteiger charge is 2.21. The summed E-state index contributed by atoms with van der Waals surface area (Å²) in [4.78, 5) is 4.34. The second-order valence-corrected chi connectivity index (χ2v) is 5.66. The van der Waals surface area contributed by atoms with Gasteiger partial charge in [-0.25, -0.2) is 4.99 Å². The predicted octanol–water partition coefficient (Wildman–Crippen LogP) is 3.08. The molecule has 5 nitrogen and oxygen atoms in total. The van der Waals surface area contributed by atoms with E-state index < -0.39 is 0 Å². The van der Waals surface area contributed by atoms with Crippen molar-refractivity contribution in [2.24, 2.45) is 10.7 Å². The Bertz CT molecular complexity index is 709. The van der Waals surface area contributed by atoms with Gasteiger partial charge in [-0.3, -0.25) is 0 Å². The molecule has 1 unspecified atom stereocenters. The average molecular weight is 332 g/mol. The monoisotopic (exact) mass is 331 g/mol. The molecule has 120 valence electrons. The first-order valence-electron chi connectivity index (χ1n) is 7.31. The van der Waals surface area contributed by atoms with Crippen LogP contribution in [0, 0.1) is 0 Å². The highest BCUT2D eigenvalue weighted by molar-refractivity contribution is 6.32. The zero-order valence-corrected chi connectivity index (χ0v) is 13.5. The van der Waals surface area contributed by atoms with Crippen LogP contribution in [0.4, 0.5) is 5.69 Å². The van der Waals surface area contributed by atoms with Crippen LogP contribution in [0.25, 0.3) is 0 Å². The molecule has 0 aliphatic carbocycles. The molecule has 1 aliphatic heterocycles. The first-order valence-corrected chi connectivity index (χ1v) is 7.68. The number of aliphatic imine (C=N–C) groups is 1. The van der Waals surface area contributed by atoms with Crippen LogP contribution in [0.15, 0.2) is 47.5 Å². The third-order valence-electron chi connectivity index (χ3n) is 3.60. The van der Waals surface area contributed by atoms with E-state index in [1.165, 1.54) is 5.56 Å². The molecule has 0 radical (unpaired) electrons. The number of halogens is 1. The van der Waals surface area contributed by atoms with Gasteiger partial charge in [-0.1, -0.05) is 29.8 Å². The number of rotatable bonds is 4. The summed E-state index contributed by atoms with van der Waals surface area (Å²) < 4.78 is 10.9. The third kappa shape index (κ3) is 3.68. The van der Waals surface area contributed by atoms with Gasteiger partial charge >= 0.3 is 0 Å². The molecule has 1 atom stereocenters. The summed E-state index contributed by atoms with van der Waals surface area (Å²) in [6, 6.07) is 13.4. The molecule has 0 saturated heterocycles. The van der Waals surface area contributed by atoms with E-state index in [2.05, 4.69) is 16.4 Å². The van der Waals surface area contributed by atoms with E-state index >= 15 is 0 Å². The number of hydrogen-bond donors (Lipinski definition) is 2. The molecular weight excluding hydrogens is 314 g/mol. The maximum Gasteiger partial charge on any atom is 0.193 e. The summed E-state index contributed by atoms with van der Waals surface area (Å²) in [6.45, 7) is 0.497. The zero-order chi connectivity index (χ0) is 16.2. The van der Waals surface area contributed by atoms with Gasteiger partial charge in [0.1, 0.15) is 17.6 Å². The summed E-state index contributed by atoms with van der Waals surface area (Å²) in [5.74, 6) is 1.87. The molecule has 23 heavy (non-hydrogen) atoms. The van der Waals surface area contributed by atoms with Gasteiger partial charge in [-0.2, -0.15) is 0 Å². The van der Waals surface area contributed by atoms with Gasteiger partial charge in [0.05, 0.1) is 18.7 Å². The fourth-order valence-electron chi connectivity index (χ4n) is 2.49. The average Bonchev–Trinajstić information content (AvgIpc) is 2.96. The number of fused-ring (bicyclic) bond motifs is 1. The van der Waals surface area contributed by atoms with Crippen LogP contribution in [-0.4, -0.2) is 25.7 Å². The van der Waals surface area contributed by atoms with Crippen molar-refractivity contribution in [3.8, 4) is 11.5 Å². The Balaban J connectivity index is 1.58. The summed E-state index contributed by atoms with van der Waals surface area (Å²) in [5.41, 5.74) is 7.89. The Hall–Kier alpha value is -2.40. The van der Waals surface area contributed by atoms with Crippen LogP contribution in [-0.2, 0) is 6.42 Å². The molecule has 3 rings (SSSR count). The van der Waals surface area contributed by atoms with E-state index in [1.54, 1.807) is 19.2 Å². The van der Waals surface area contributed by atoms with Crippen LogP contribution in [0.3, 0.4) is 0 Å². The normalized spacial score (nSPS) is 16.6. The van der Waals surface area contributed by atoms with Gasteiger partial charge in [0.2, 0.25) is 0 Å². The molecule has 0 aromatic heterocycles. The largest absolute Gasteiger partial charge is 0.495 e. The lowest BCUT2D eigenvalue weighted by Gasteiger charge is -2.10. The lowest BCUT2D eigenvalue weighted by Crippen LogP contribution is -2.26. The van der Waals surface area contributed by atoms with Crippen molar-refractivity contribution < 1.29 is 9.47 Å². The molecule has 1 aliphatic rings. The smallest absolute Gasteiger partial charge is 0.193 e. The molecule has 0 bridgehead atoms. The minimum absolute atomic E-state index is 0.0206. The highest BCUT2D eigenvalue weighted by Crippen LogP contribution is 2.28. The third-order valence-corrected chi connectivity index (χ3v) is 3.90. The van der Waals surface area contributed by atoms with Crippen LogP contribution in [0.2, 0.25) is 5.02 Å². The Morgan fingerprint density at radius 1 is 1.39 bits per heavy atom. The number of hydrogen-bond acceptors (Lipinski definition) is 3. The second kappa shape index (κ2) is 6.79. The lowest BCUT2D eigenvalue weighted by atomic mass is 10.1. The van der Waals surface area contributed by atoms with Crippen molar-refractivity contribution in [2.45, 2.75) is 12.5 Å². The van der Waals surface area contributed by atoms with Crippen LogP contribution < -0.4 is 20.5 Å². The van der Waals surface area contributed by atoms with E-state index in [1.807, 2.05) is 24.3 Å². The number of nitrogens with one attached hydrogen (secondary N) is 1. The van der Waals surface area contributed by atoms with E-state index in [-0.39, 0.29) is 6.10 Å². The fourth-order valence-corrected chi connectivity index (χ4v) is 2.75. The molecule has 3 N–H and O–H groups in total. The van der Waals surface area contributed by atoms with Crippen molar-refractivity contribution in [2.75, 3.05) is 19.0 Å². The van der Waals surface area contributed by atoms with Gasteiger partial charge in [0.15, 0.2) is 5.96 Å². The molecule has 1 heterocycles. The second-order valence-electron chi connectivity index (χ2n) is 5.25.